The molecule has 1 aliphatic rings. The van der Waals surface area contributed by atoms with Gasteiger partial charge in [0.2, 0.25) is 0 Å². The maximum Gasteiger partial charge on any atom is 0.188 e. The second-order valence-corrected chi connectivity index (χ2v) is 4.38. The van der Waals surface area contributed by atoms with Crippen LogP contribution in [-0.2, 0) is 0 Å². The summed E-state index contributed by atoms with van der Waals surface area (Å²) in [6.45, 7) is 0. The van der Waals surface area contributed by atoms with E-state index in [0.717, 1.165) is 12.8 Å². The second-order valence-electron chi connectivity index (χ2n) is 4.38. The number of nitrogens with zero attached hydrogens (tertiary/aromatic N) is 1. The molecule has 1 aromatic rings. The Bertz CT molecular complexity index is 314. The molecule has 4 heteroatoms. The smallest absolute Gasteiger partial charge is 0.188 e. The van der Waals surface area contributed by atoms with Crippen LogP contribution in [-0.4, -0.2) is 10.2 Å². The van der Waals surface area contributed by atoms with E-state index in [1.807, 2.05) is 0 Å². The molecule has 0 saturated heterocycles. The Labute approximate surface area is 89.2 Å². The molecular weight excluding hydrogens is 193 g/mol. The van der Waals surface area contributed by atoms with E-state index in [1.54, 1.807) is 0 Å². The lowest BCUT2D eigenvalue weighted by molar-refractivity contribution is 0.437. The minimum atomic E-state index is -0.333. The highest BCUT2D eigenvalue weighted by Gasteiger charge is 2.20. The minimum Gasteiger partial charge on any atom is -0.380 e. The van der Waals surface area contributed by atoms with E-state index in [9.17, 15) is 4.39 Å². The Morgan fingerprint density at radius 3 is 2.27 bits per heavy atom. The Balaban J connectivity index is 2.10. The van der Waals surface area contributed by atoms with Gasteiger partial charge in [0.15, 0.2) is 11.6 Å². The van der Waals surface area contributed by atoms with Crippen molar-refractivity contribution in [3.8, 4) is 0 Å². The predicted octanol–water partition coefficient (Wildman–Crippen LogP) is 2.96. The van der Waals surface area contributed by atoms with E-state index >= 15 is 0 Å². The van der Waals surface area contributed by atoms with Gasteiger partial charge in [0.1, 0.15) is 0 Å². The zero-order chi connectivity index (χ0) is 10.7. The molecule has 3 nitrogen and oxygen atoms in total. The Morgan fingerprint density at radius 2 is 1.73 bits per heavy atom. The van der Waals surface area contributed by atoms with Gasteiger partial charge in [-0.2, -0.15) is 5.10 Å². The van der Waals surface area contributed by atoms with Crippen LogP contribution in [0.4, 0.5) is 10.2 Å². The van der Waals surface area contributed by atoms with Gasteiger partial charge in [-0.15, -0.1) is 0 Å². The van der Waals surface area contributed by atoms with Crippen LogP contribution in [0, 0.1) is 5.82 Å². The first-order valence-electron chi connectivity index (χ1n) is 5.78. The molecule has 2 rings (SSSR count). The van der Waals surface area contributed by atoms with Crippen molar-refractivity contribution in [1.82, 2.24) is 10.2 Å². The van der Waals surface area contributed by atoms with Gasteiger partial charge in [0.25, 0.3) is 0 Å². The Hall–Kier alpha value is -1.06. The molecule has 0 atom stereocenters. The van der Waals surface area contributed by atoms with Crippen LogP contribution < -0.4 is 5.73 Å². The topological polar surface area (TPSA) is 54.7 Å². The van der Waals surface area contributed by atoms with E-state index < -0.39 is 0 Å². The first-order chi connectivity index (χ1) is 7.29. The minimum absolute atomic E-state index is 0.00654. The first-order valence-corrected chi connectivity index (χ1v) is 5.78. The SMILES string of the molecule is Nc1n[nH]c(C2CCCCCCC2)c1F. The molecule has 0 radical (unpaired) electrons. The van der Waals surface area contributed by atoms with Gasteiger partial charge >= 0.3 is 0 Å². The number of aromatic amines is 1. The van der Waals surface area contributed by atoms with E-state index in [-0.39, 0.29) is 17.6 Å². The highest BCUT2D eigenvalue weighted by Crippen LogP contribution is 2.32. The number of nitrogens with one attached hydrogen (secondary N) is 1. The van der Waals surface area contributed by atoms with Crippen LogP contribution >= 0.6 is 0 Å². The molecule has 1 heterocycles. The molecule has 0 unspecified atom stereocenters. The van der Waals surface area contributed by atoms with E-state index in [2.05, 4.69) is 10.2 Å². The zero-order valence-corrected chi connectivity index (χ0v) is 8.93. The van der Waals surface area contributed by atoms with E-state index in [1.165, 1.54) is 32.1 Å². The fourth-order valence-corrected chi connectivity index (χ4v) is 2.37. The zero-order valence-electron chi connectivity index (χ0n) is 8.93. The molecule has 15 heavy (non-hydrogen) atoms. The lowest BCUT2D eigenvalue weighted by atomic mass is 9.89. The number of nitrogens with two attached hydrogens (primary N) is 1. The molecule has 0 aliphatic heterocycles. The quantitative estimate of drug-likeness (QED) is 0.750. The Morgan fingerprint density at radius 1 is 1.13 bits per heavy atom. The summed E-state index contributed by atoms with van der Waals surface area (Å²) in [5.74, 6) is -0.0391. The molecule has 1 saturated carbocycles. The van der Waals surface area contributed by atoms with Crippen LogP contribution in [0.25, 0.3) is 0 Å². The lowest BCUT2D eigenvalue weighted by Gasteiger charge is -2.18. The fraction of sp³-hybridized carbons (Fsp3) is 0.727. The number of anilines is 1. The molecule has 1 aromatic heterocycles. The number of hydrogen-bond donors (Lipinski definition) is 2. The van der Waals surface area contributed by atoms with Gasteiger partial charge in [-0.3, -0.25) is 5.10 Å². The highest BCUT2D eigenvalue weighted by atomic mass is 19.1. The first kappa shape index (κ1) is 10.5. The van der Waals surface area contributed by atoms with Crippen molar-refractivity contribution < 1.29 is 4.39 Å². The molecule has 84 valence electrons. The summed E-state index contributed by atoms with van der Waals surface area (Å²) in [6, 6.07) is 0. The lowest BCUT2D eigenvalue weighted by Crippen LogP contribution is -2.04. The number of rotatable bonds is 1. The number of aromatic nitrogens is 2. The van der Waals surface area contributed by atoms with Crippen molar-refractivity contribution >= 4 is 5.82 Å². The number of nitrogen functional groups attached to an aromatic ring is 1. The van der Waals surface area contributed by atoms with Crippen molar-refractivity contribution in [2.75, 3.05) is 5.73 Å². The second kappa shape index (κ2) is 4.64. The van der Waals surface area contributed by atoms with Crippen molar-refractivity contribution in [3.63, 3.8) is 0 Å². The third kappa shape index (κ3) is 2.30. The molecule has 0 aromatic carbocycles. The summed E-state index contributed by atoms with van der Waals surface area (Å²) < 4.78 is 13.6. The molecule has 3 N–H and O–H groups in total. The number of hydrogen-bond acceptors (Lipinski definition) is 2. The van der Waals surface area contributed by atoms with Crippen molar-refractivity contribution in [2.24, 2.45) is 0 Å². The van der Waals surface area contributed by atoms with Crippen molar-refractivity contribution in [1.29, 1.82) is 0 Å². The predicted molar refractivity (Wildman–Crippen MR) is 58.0 cm³/mol. The van der Waals surface area contributed by atoms with Gasteiger partial charge in [0.05, 0.1) is 5.69 Å². The summed E-state index contributed by atoms with van der Waals surface area (Å²) in [5, 5.41) is 6.46. The Kier molecular flexibility index (Phi) is 3.23. The third-order valence-corrected chi connectivity index (χ3v) is 3.27. The molecule has 0 bridgehead atoms. The highest BCUT2D eigenvalue weighted by molar-refractivity contribution is 5.33. The van der Waals surface area contributed by atoms with Crippen molar-refractivity contribution in [2.45, 2.75) is 50.9 Å². The summed E-state index contributed by atoms with van der Waals surface area (Å²) in [5.41, 5.74) is 6.02. The fourth-order valence-electron chi connectivity index (χ4n) is 2.37. The standard InChI is InChI=1S/C11H18FN3/c12-9-10(14-15-11(9)13)8-6-4-2-1-3-5-7-8/h8H,1-7H2,(H3,13,14,15). The third-order valence-electron chi connectivity index (χ3n) is 3.27. The summed E-state index contributed by atoms with van der Waals surface area (Å²) in [6.07, 6.45) is 8.33. The molecule has 1 aliphatic carbocycles. The maximum atomic E-state index is 13.6. The normalized spacial score (nSPS) is 19.8. The van der Waals surface area contributed by atoms with E-state index in [0.29, 0.717) is 5.69 Å². The number of H-pyrrole nitrogens is 1. The average Bonchev–Trinajstić information content (AvgIpc) is 2.48. The van der Waals surface area contributed by atoms with Gasteiger partial charge in [-0.05, 0) is 12.8 Å². The van der Waals surface area contributed by atoms with Crippen LogP contribution in [0.5, 0.6) is 0 Å². The van der Waals surface area contributed by atoms with Crippen LogP contribution in [0.1, 0.15) is 56.6 Å². The van der Waals surface area contributed by atoms with Gasteiger partial charge in [-0.1, -0.05) is 32.1 Å². The van der Waals surface area contributed by atoms with Crippen LogP contribution in [0.3, 0.4) is 0 Å². The monoisotopic (exact) mass is 211 g/mol. The van der Waals surface area contributed by atoms with Crippen molar-refractivity contribution in [3.05, 3.63) is 11.5 Å². The van der Waals surface area contributed by atoms with Crippen LogP contribution in [0.15, 0.2) is 0 Å². The average molecular weight is 211 g/mol. The summed E-state index contributed by atoms with van der Waals surface area (Å²) in [4.78, 5) is 0. The van der Waals surface area contributed by atoms with E-state index in [4.69, 9.17) is 5.73 Å². The number of halogens is 1. The summed E-state index contributed by atoms with van der Waals surface area (Å²) in [7, 11) is 0. The molecule has 0 amide bonds. The molecule has 0 spiro atoms. The van der Waals surface area contributed by atoms with Gasteiger partial charge in [0, 0.05) is 5.92 Å². The summed E-state index contributed by atoms with van der Waals surface area (Å²) >= 11 is 0. The largest absolute Gasteiger partial charge is 0.380 e. The molecular formula is C11H18FN3. The van der Waals surface area contributed by atoms with Crippen LogP contribution in [0.2, 0.25) is 0 Å². The van der Waals surface area contributed by atoms with Gasteiger partial charge in [-0.25, -0.2) is 4.39 Å². The molecule has 1 fully saturated rings. The maximum absolute atomic E-state index is 13.6. The van der Waals surface area contributed by atoms with Gasteiger partial charge < -0.3 is 5.73 Å².